The van der Waals surface area contributed by atoms with Crippen molar-refractivity contribution in [1.29, 1.82) is 0 Å². The molecule has 2 aromatic carbocycles. The minimum Gasteiger partial charge on any atom is -0.478 e. The largest absolute Gasteiger partial charge is 0.478 e. The lowest BCUT2D eigenvalue weighted by atomic mass is 10.1. The second-order valence-electron chi connectivity index (χ2n) is 6.58. The van der Waals surface area contributed by atoms with Crippen LogP contribution in [0.3, 0.4) is 0 Å². The van der Waals surface area contributed by atoms with E-state index in [-0.39, 0.29) is 12.0 Å². The standard InChI is InChI=1S/C22H26N2O6/c1-29-22(30-2,11-13-25)21(28)24-19-14-17(20(26)27)8-9-18(19)15-23-12-10-16-6-4-3-5-7-16/h3-9,13-14,23H,10-12,15H2,1-2H3,(H,24,28)(H,26,27). The molecule has 0 aliphatic rings. The Labute approximate surface area is 175 Å². The summed E-state index contributed by atoms with van der Waals surface area (Å²) < 4.78 is 10.3. The molecule has 0 unspecified atom stereocenters. The number of carboxylic acids is 1. The lowest BCUT2D eigenvalue weighted by Crippen LogP contribution is -2.47. The Morgan fingerprint density at radius 2 is 1.80 bits per heavy atom. The number of aromatic carboxylic acids is 1. The second-order valence-corrected chi connectivity index (χ2v) is 6.58. The highest BCUT2D eigenvalue weighted by Gasteiger charge is 2.39. The minimum atomic E-state index is -1.79. The van der Waals surface area contributed by atoms with E-state index < -0.39 is 17.7 Å². The summed E-state index contributed by atoms with van der Waals surface area (Å²) in [6.07, 6.45) is 1.03. The van der Waals surface area contributed by atoms with Crippen molar-refractivity contribution in [2.75, 3.05) is 26.1 Å². The normalized spacial score (nSPS) is 11.1. The number of carboxylic acid groups (broad SMARTS) is 1. The van der Waals surface area contributed by atoms with E-state index in [9.17, 15) is 19.5 Å². The fourth-order valence-corrected chi connectivity index (χ4v) is 2.94. The van der Waals surface area contributed by atoms with E-state index in [0.717, 1.165) is 6.42 Å². The molecule has 0 saturated carbocycles. The van der Waals surface area contributed by atoms with E-state index in [1.54, 1.807) is 6.07 Å². The van der Waals surface area contributed by atoms with Gasteiger partial charge in [0, 0.05) is 26.5 Å². The average molecular weight is 414 g/mol. The summed E-state index contributed by atoms with van der Waals surface area (Å²) in [6.45, 7) is 1.10. The van der Waals surface area contributed by atoms with Crippen LogP contribution in [0.25, 0.3) is 0 Å². The van der Waals surface area contributed by atoms with E-state index in [0.29, 0.717) is 30.6 Å². The Kier molecular flexibility index (Phi) is 8.67. The van der Waals surface area contributed by atoms with E-state index in [2.05, 4.69) is 10.6 Å². The first-order valence-corrected chi connectivity index (χ1v) is 9.42. The number of benzene rings is 2. The van der Waals surface area contributed by atoms with Crippen LogP contribution in [-0.2, 0) is 32.0 Å². The van der Waals surface area contributed by atoms with Gasteiger partial charge in [0.25, 0.3) is 11.7 Å². The van der Waals surface area contributed by atoms with Gasteiger partial charge < -0.3 is 30.0 Å². The molecular weight excluding hydrogens is 388 g/mol. The first kappa shape index (κ1) is 23.2. The Morgan fingerprint density at radius 3 is 2.40 bits per heavy atom. The summed E-state index contributed by atoms with van der Waals surface area (Å²) in [7, 11) is 2.51. The molecule has 0 fully saturated rings. The molecule has 0 bridgehead atoms. The van der Waals surface area contributed by atoms with E-state index in [4.69, 9.17) is 9.47 Å². The molecule has 0 aromatic heterocycles. The van der Waals surface area contributed by atoms with Crippen LogP contribution in [0.2, 0.25) is 0 Å². The van der Waals surface area contributed by atoms with Gasteiger partial charge in [0.15, 0.2) is 0 Å². The molecule has 3 N–H and O–H groups in total. The first-order chi connectivity index (χ1) is 14.5. The Morgan fingerprint density at radius 1 is 1.10 bits per heavy atom. The average Bonchev–Trinajstić information content (AvgIpc) is 2.76. The summed E-state index contributed by atoms with van der Waals surface area (Å²) in [5.41, 5.74) is 2.21. The highest BCUT2D eigenvalue weighted by molar-refractivity contribution is 5.99. The molecule has 8 nitrogen and oxygen atoms in total. The van der Waals surface area contributed by atoms with Crippen molar-refractivity contribution in [3.8, 4) is 0 Å². The van der Waals surface area contributed by atoms with E-state index >= 15 is 0 Å². The van der Waals surface area contributed by atoms with Crippen molar-refractivity contribution >= 4 is 23.9 Å². The number of nitrogens with one attached hydrogen (secondary N) is 2. The monoisotopic (exact) mass is 414 g/mol. The van der Waals surface area contributed by atoms with Gasteiger partial charge >= 0.3 is 5.97 Å². The van der Waals surface area contributed by atoms with Crippen LogP contribution in [0.1, 0.15) is 27.9 Å². The molecule has 160 valence electrons. The SMILES string of the molecule is COC(CC=O)(OC)C(=O)Nc1cc(C(=O)O)ccc1CNCCc1ccccc1. The van der Waals surface area contributed by atoms with Crippen molar-refractivity contribution in [1.82, 2.24) is 5.32 Å². The maximum atomic E-state index is 12.7. The maximum absolute atomic E-state index is 12.7. The van der Waals surface area contributed by atoms with Gasteiger partial charge in [0.2, 0.25) is 0 Å². The zero-order valence-electron chi connectivity index (χ0n) is 17.0. The number of hydrogen-bond acceptors (Lipinski definition) is 6. The molecular formula is C22H26N2O6. The number of ether oxygens (including phenoxy) is 2. The Balaban J connectivity index is 2.15. The molecule has 0 atom stereocenters. The second kappa shape index (κ2) is 11.2. The van der Waals surface area contributed by atoms with Gasteiger partial charge in [-0.05, 0) is 36.2 Å². The van der Waals surface area contributed by atoms with Crippen LogP contribution in [0, 0.1) is 0 Å². The van der Waals surface area contributed by atoms with Crippen LogP contribution in [-0.4, -0.2) is 49.8 Å². The van der Waals surface area contributed by atoms with Gasteiger partial charge in [0.1, 0.15) is 6.29 Å². The summed E-state index contributed by atoms with van der Waals surface area (Å²) >= 11 is 0. The Bertz CT molecular complexity index is 865. The number of amides is 1. The van der Waals surface area contributed by atoms with Crippen molar-refractivity contribution in [2.24, 2.45) is 0 Å². The van der Waals surface area contributed by atoms with Crippen molar-refractivity contribution < 1.29 is 29.0 Å². The lowest BCUT2D eigenvalue weighted by Gasteiger charge is -2.28. The van der Waals surface area contributed by atoms with Crippen molar-refractivity contribution in [2.45, 2.75) is 25.2 Å². The highest BCUT2D eigenvalue weighted by Crippen LogP contribution is 2.23. The van der Waals surface area contributed by atoms with Gasteiger partial charge in [-0.25, -0.2) is 4.79 Å². The molecule has 0 aliphatic carbocycles. The van der Waals surface area contributed by atoms with Gasteiger partial charge in [-0.2, -0.15) is 0 Å². The molecule has 0 aliphatic heterocycles. The third kappa shape index (κ3) is 5.96. The number of carbonyl (C=O) groups is 3. The Hall–Kier alpha value is -3.07. The summed E-state index contributed by atoms with van der Waals surface area (Å²) in [6, 6.07) is 14.5. The van der Waals surface area contributed by atoms with Crippen LogP contribution in [0.4, 0.5) is 5.69 Å². The summed E-state index contributed by atoms with van der Waals surface area (Å²) in [5.74, 6) is -3.61. The topological polar surface area (TPSA) is 114 Å². The molecule has 0 spiro atoms. The third-order valence-electron chi connectivity index (χ3n) is 4.71. The molecule has 2 aromatic rings. The van der Waals surface area contributed by atoms with E-state index in [1.807, 2.05) is 30.3 Å². The zero-order chi connectivity index (χ0) is 22.0. The molecule has 2 rings (SSSR count). The van der Waals surface area contributed by atoms with Gasteiger partial charge in [0.05, 0.1) is 12.0 Å². The van der Waals surface area contributed by atoms with Gasteiger partial charge in [-0.1, -0.05) is 36.4 Å². The maximum Gasteiger partial charge on any atom is 0.335 e. The third-order valence-corrected chi connectivity index (χ3v) is 4.71. The summed E-state index contributed by atoms with van der Waals surface area (Å²) in [4.78, 5) is 35.1. The van der Waals surface area contributed by atoms with Crippen molar-refractivity contribution in [3.05, 3.63) is 65.2 Å². The smallest absolute Gasteiger partial charge is 0.335 e. The molecule has 8 heteroatoms. The van der Waals surface area contributed by atoms with Crippen LogP contribution >= 0.6 is 0 Å². The van der Waals surface area contributed by atoms with E-state index in [1.165, 1.54) is 31.9 Å². The number of aldehydes is 1. The number of methoxy groups -OCH3 is 2. The molecule has 0 radical (unpaired) electrons. The summed E-state index contributed by atoms with van der Waals surface area (Å²) in [5, 5.41) is 15.2. The molecule has 30 heavy (non-hydrogen) atoms. The van der Waals surface area contributed by atoms with Gasteiger partial charge in [-0.3, -0.25) is 4.79 Å². The van der Waals surface area contributed by atoms with Crippen LogP contribution in [0.5, 0.6) is 0 Å². The van der Waals surface area contributed by atoms with Crippen LogP contribution < -0.4 is 10.6 Å². The fraction of sp³-hybridized carbons (Fsp3) is 0.318. The highest BCUT2D eigenvalue weighted by atomic mass is 16.7. The molecule has 1 amide bonds. The zero-order valence-corrected chi connectivity index (χ0v) is 17.0. The minimum absolute atomic E-state index is 0.0224. The fourth-order valence-electron chi connectivity index (χ4n) is 2.94. The number of anilines is 1. The van der Waals surface area contributed by atoms with Gasteiger partial charge in [-0.15, -0.1) is 0 Å². The number of rotatable bonds is 12. The van der Waals surface area contributed by atoms with Crippen molar-refractivity contribution in [3.63, 3.8) is 0 Å². The number of hydrogen-bond donors (Lipinski definition) is 3. The quantitative estimate of drug-likeness (QED) is 0.277. The predicted octanol–water partition coefficient (Wildman–Crippen LogP) is 2.23. The number of carbonyl (C=O) groups excluding carboxylic acids is 2. The predicted molar refractivity (Wildman–Crippen MR) is 111 cm³/mol. The lowest BCUT2D eigenvalue weighted by molar-refractivity contribution is -0.205. The first-order valence-electron chi connectivity index (χ1n) is 9.42. The molecule has 0 saturated heterocycles. The molecule has 0 heterocycles. The van der Waals surface area contributed by atoms with Crippen LogP contribution in [0.15, 0.2) is 48.5 Å².